The Morgan fingerprint density at radius 2 is 0.744 bits per heavy atom. The van der Waals surface area contributed by atoms with Gasteiger partial charge in [-0.05, 0) is 66.1 Å². The first-order valence-corrected chi connectivity index (χ1v) is 11.6. The molecule has 0 saturated heterocycles. The Labute approximate surface area is 222 Å². The Hall–Kier alpha value is -5.78. The number of hydrogen-bond donors (Lipinski definition) is 4. The molecule has 0 atom stereocenters. The van der Waals surface area contributed by atoms with Gasteiger partial charge in [0.1, 0.15) is 0 Å². The molecule has 12 nitrogen and oxygen atoms in total. The molecule has 0 fully saturated rings. The lowest BCUT2D eigenvalue weighted by atomic mass is 10.0. The van der Waals surface area contributed by atoms with Gasteiger partial charge >= 0.3 is 12.1 Å². The van der Waals surface area contributed by atoms with Gasteiger partial charge in [-0.25, -0.2) is 9.59 Å². The van der Waals surface area contributed by atoms with Gasteiger partial charge in [-0.3, -0.25) is 20.2 Å². The number of nitrogens with zero attached hydrogens (tertiary/aromatic N) is 2. The minimum atomic E-state index is -0.512. The van der Waals surface area contributed by atoms with Crippen molar-refractivity contribution in [2.75, 3.05) is 21.3 Å². The van der Waals surface area contributed by atoms with E-state index < -0.39 is 21.9 Å². The molecule has 0 saturated carbocycles. The summed E-state index contributed by atoms with van der Waals surface area (Å²) in [5.41, 5.74) is 3.91. The van der Waals surface area contributed by atoms with Crippen LogP contribution in [-0.2, 0) is 6.42 Å². The van der Waals surface area contributed by atoms with Crippen molar-refractivity contribution in [3.05, 3.63) is 128 Å². The largest absolute Gasteiger partial charge is 0.323 e. The van der Waals surface area contributed by atoms with Crippen molar-refractivity contribution in [1.82, 2.24) is 0 Å². The molecule has 4 N–H and O–H groups in total. The molecule has 0 aromatic heterocycles. The van der Waals surface area contributed by atoms with Crippen LogP contribution in [0.25, 0.3) is 0 Å². The number of hydrogen-bond acceptors (Lipinski definition) is 6. The summed E-state index contributed by atoms with van der Waals surface area (Å²) >= 11 is 0. The summed E-state index contributed by atoms with van der Waals surface area (Å²) in [6, 6.07) is 24.7. The first-order chi connectivity index (χ1) is 18.7. The maximum absolute atomic E-state index is 12.2. The molecular formula is C27H22N6O6. The van der Waals surface area contributed by atoms with E-state index in [4.69, 9.17) is 0 Å². The van der Waals surface area contributed by atoms with Gasteiger partial charge in [0.2, 0.25) is 0 Å². The number of amides is 4. The molecule has 0 spiro atoms. The van der Waals surface area contributed by atoms with Gasteiger partial charge in [-0.1, -0.05) is 24.3 Å². The molecule has 0 heterocycles. The highest BCUT2D eigenvalue weighted by Gasteiger charge is 2.08. The number of nitrogens with one attached hydrogen (secondary N) is 4. The molecule has 0 aliphatic rings. The highest BCUT2D eigenvalue weighted by atomic mass is 16.6. The van der Waals surface area contributed by atoms with Crippen LogP contribution in [0, 0.1) is 20.2 Å². The molecule has 4 aromatic carbocycles. The monoisotopic (exact) mass is 526 g/mol. The lowest BCUT2D eigenvalue weighted by Crippen LogP contribution is -2.19. The Kier molecular flexibility index (Phi) is 8.07. The van der Waals surface area contributed by atoms with Crippen molar-refractivity contribution in [1.29, 1.82) is 0 Å². The van der Waals surface area contributed by atoms with Crippen LogP contribution in [0.5, 0.6) is 0 Å². The van der Waals surface area contributed by atoms with Crippen LogP contribution in [0.1, 0.15) is 11.1 Å². The fourth-order valence-electron chi connectivity index (χ4n) is 3.57. The molecule has 4 rings (SSSR count). The normalized spacial score (nSPS) is 10.3. The molecule has 4 aromatic rings. The summed E-state index contributed by atoms with van der Waals surface area (Å²) in [7, 11) is 0. The average molecular weight is 527 g/mol. The maximum Gasteiger partial charge on any atom is 0.323 e. The highest BCUT2D eigenvalue weighted by Crippen LogP contribution is 2.19. The van der Waals surface area contributed by atoms with E-state index in [2.05, 4.69) is 21.3 Å². The second kappa shape index (κ2) is 12.0. The van der Waals surface area contributed by atoms with Gasteiger partial charge < -0.3 is 21.3 Å². The summed E-state index contributed by atoms with van der Waals surface area (Å²) in [5.74, 6) is 0. The molecule has 196 valence electrons. The molecule has 0 radical (unpaired) electrons. The van der Waals surface area contributed by atoms with Crippen molar-refractivity contribution in [2.24, 2.45) is 0 Å². The fourth-order valence-corrected chi connectivity index (χ4v) is 3.57. The van der Waals surface area contributed by atoms with Gasteiger partial charge in [0.05, 0.1) is 9.85 Å². The Morgan fingerprint density at radius 1 is 0.487 bits per heavy atom. The van der Waals surface area contributed by atoms with E-state index in [9.17, 15) is 29.8 Å². The number of nitro groups is 2. The van der Waals surface area contributed by atoms with Crippen molar-refractivity contribution in [3.63, 3.8) is 0 Å². The summed E-state index contributed by atoms with van der Waals surface area (Å²) < 4.78 is 0. The summed E-state index contributed by atoms with van der Waals surface area (Å²) in [6.07, 6.45) is 0.630. The first kappa shape index (κ1) is 26.3. The molecule has 4 amide bonds. The zero-order valence-corrected chi connectivity index (χ0v) is 20.3. The lowest BCUT2D eigenvalue weighted by Gasteiger charge is -2.10. The van der Waals surface area contributed by atoms with E-state index in [1.54, 1.807) is 24.3 Å². The Bertz CT molecular complexity index is 1370. The number of urea groups is 2. The van der Waals surface area contributed by atoms with Gasteiger partial charge in [0.25, 0.3) is 11.4 Å². The SMILES string of the molecule is O=C(Nc1ccc(Cc2ccc(NC(=O)Nc3ccc([N+](=O)[O-])cc3)cc2)cc1)Nc1ccc([N+](=O)[O-])cc1. The van der Waals surface area contributed by atoms with Gasteiger partial charge in [-0.2, -0.15) is 0 Å². The van der Waals surface area contributed by atoms with Crippen LogP contribution in [0.4, 0.5) is 43.7 Å². The van der Waals surface area contributed by atoms with Crippen LogP contribution in [-0.4, -0.2) is 21.9 Å². The average Bonchev–Trinajstić information content (AvgIpc) is 2.91. The van der Waals surface area contributed by atoms with Crippen molar-refractivity contribution in [3.8, 4) is 0 Å². The quantitative estimate of drug-likeness (QED) is 0.153. The highest BCUT2D eigenvalue weighted by molar-refractivity contribution is 6.00. The zero-order chi connectivity index (χ0) is 27.8. The molecule has 39 heavy (non-hydrogen) atoms. The van der Waals surface area contributed by atoms with Crippen LogP contribution >= 0.6 is 0 Å². The second-order valence-corrected chi connectivity index (χ2v) is 8.34. The third-order valence-electron chi connectivity index (χ3n) is 5.50. The molecular weight excluding hydrogens is 504 g/mol. The Balaban J connectivity index is 1.25. The van der Waals surface area contributed by atoms with Crippen molar-refractivity contribution >= 4 is 46.2 Å². The minimum absolute atomic E-state index is 0.0624. The lowest BCUT2D eigenvalue weighted by molar-refractivity contribution is -0.385. The fraction of sp³-hybridized carbons (Fsp3) is 0.0370. The van der Waals surface area contributed by atoms with Crippen LogP contribution in [0.15, 0.2) is 97.1 Å². The molecule has 0 aliphatic carbocycles. The number of rotatable bonds is 8. The molecule has 12 heteroatoms. The number of non-ortho nitro benzene ring substituents is 2. The predicted octanol–water partition coefficient (Wildman–Crippen LogP) is 6.38. The van der Waals surface area contributed by atoms with E-state index >= 15 is 0 Å². The minimum Gasteiger partial charge on any atom is -0.308 e. The molecule has 0 unspecified atom stereocenters. The summed E-state index contributed by atoms with van der Waals surface area (Å²) in [5, 5.41) is 32.1. The van der Waals surface area contributed by atoms with E-state index in [0.717, 1.165) is 11.1 Å². The summed E-state index contributed by atoms with van der Waals surface area (Å²) in [4.78, 5) is 44.8. The molecule has 0 aliphatic heterocycles. The van der Waals surface area contributed by atoms with E-state index in [0.29, 0.717) is 29.2 Å². The van der Waals surface area contributed by atoms with E-state index in [-0.39, 0.29) is 11.4 Å². The zero-order valence-electron chi connectivity index (χ0n) is 20.3. The van der Waals surface area contributed by atoms with E-state index in [1.807, 2.05) is 24.3 Å². The number of anilines is 4. The molecule has 0 bridgehead atoms. The van der Waals surface area contributed by atoms with Crippen molar-refractivity contribution in [2.45, 2.75) is 6.42 Å². The van der Waals surface area contributed by atoms with E-state index in [1.165, 1.54) is 48.5 Å². The summed E-state index contributed by atoms with van der Waals surface area (Å²) in [6.45, 7) is 0. The predicted molar refractivity (Wildman–Crippen MR) is 147 cm³/mol. The van der Waals surface area contributed by atoms with Gasteiger partial charge in [0.15, 0.2) is 0 Å². The number of benzene rings is 4. The second-order valence-electron chi connectivity index (χ2n) is 8.34. The number of nitro benzene ring substituents is 2. The smallest absolute Gasteiger partial charge is 0.308 e. The first-order valence-electron chi connectivity index (χ1n) is 11.6. The maximum atomic E-state index is 12.2. The topological polar surface area (TPSA) is 169 Å². The van der Waals surface area contributed by atoms with Crippen LogP contribution < -0.4 is 21.3 Å². The van der Waals surface area contributed by atoms with Crippen LogP contribution in [0.2, 0.25) is 0 Å². The third-order valence-corrected chi connectivity index (χ3v) is 5.50. The number of carbonyl (C=O) groups is 2. The Morgan fingerprint density at radius 3 is 1.00 bits per heavy atom. The van der Waals surface area contributed by atoms with Crippen molar-refractivity contribution < 1.29 is 19.4 Å². The standard InChI is InChI=1S/C27H22N6O6/c34-26(30-22-9-13-24(14-10-22)32(36)37)28-20-5-1-18(2-6-20)17-19-3-7-21(8-4-19)29-27(35)31-23-11-15-25(16-12-23)33(38)39/h1-16H,17H2,(H2,28,30,34)(H2,29,31,35). The third kappa shape index (κ3) is 7.60. The van der Waals surface area contributed by atoms with Gasteiger partial charge in [-0.15, -0.1) is 0 Å². The van der Waals surface area contributed by atoms with Crippen LogP contribution in [0.3, 0.4) is 0 Å². The number of carbonyl (C=O) groups excluding carboxylic acids is 2. The van der Waals surface area contributed by atoms with Gasteiger partial charge in [0, 0.05) is 47.0 Å².